The molecular weight excluding hydrogens is 359 g/mol. The van der Waals surface area contributed by atoms with Gasteiger partial charge in [0, 0.05) is 41.6 Å². The number of hydrogen-bond donors (Lipinski definition) is 0. The molecule has 1 aromatic heterocycles. The number of likely N-dealkylation sites (tertiary alicyclic amines) is 1. The van der Waals surface area contributed by atoms with Gasteiger partial charge in [-0.3, -0.25) is 4.79 Å². The maximum atomic E-state index is 13.5. The summed E-state index contributed by atoms with van der Waals surface area (Å²) in [6.07, 6.45) is 5.54. The van der Waals surface area contributed by atoms with E-state index in [1.54, 1.807) is 23.9 Å². The highest BCUT2D eigenvalue weighted by atomic mass is 32.2. The summed E-state index contributed by atoms with van der Waals surface area (Å²) in [5, 5.41) is 1.14. The lowest BCUT2D eigenvalue weighted by Gasteiger charge is -2.26. The molecule has 1 amide bonds. The van der Waals surface area contributed by atoms with E-state index in [0.29, 0.717) is 12.3 Å². The Labute approximate surface area is 163 Å². The number of carbonyl (C=O) groups excluding carboxylic acids is 1. The first kappa shape index (κ1) is 18.1. The van der Waals surface area contributed by atoms with Crippen LogP contribution in [0.2, 0.25) is 0 Å². The van der Waals surface area contributed by atoms with Crippen LogP contribution in [0, 0.1) is 5.82 Å². The first-order valence-electron chi connectivity index (χ1n) is 9.43. The maximum Gasteiger partial charge on any atom is 0.232 e. The predicted octanol–water partition coefficient (Wildman–Crippen LogP) is 4.93. The average Bonchev–Trinajstić information content (AvgIpc) is 3.04. The lowest BCUT2D eigenvalue weighted by Crippen LogP contribution is -2.36. The first-order chi connectivity index (χ1) is 13.2. The Hall–Kier alpha value is -2.27. The molecule has 0 bridgehead atoms. The van der Waals surface area contributed by atoms with Crippen LogP contribution >= 0.6 is 11.8 Å². The molecule has 140 valence electrons. The van der Waals surface area contributed by atoms with Crippen molar-refractivity contribution in [2.24, 2.45) is 0 Å². The highest BCUT2D eigenvalue weighted by molar-refractivity contribution is 8.00. The summed E-state index contributed by atoms with van der Waals surface area (Å²) < 4.78 is 15.7. The third-order valence-corrected chi connectivity index (χ3v) is 6.08. The van der Waals surface area contributed by atoms with Crippen LogP contribution < -0.4 is 0 Å². The second-order valence-corrected chi connectivity index (χ2v) is 8.02. The van der Waals surface area contributed by atoms with Crippen molar-refractivity contribution in [3.63, 3.8) is 0 Å². The van der Waals surface area contributed by atoms with E-state index in [1.165, 1.54) is 12.5 Å². The van der Waals surface area contributed by atoms with Crippen LogP contribution in [0.25, 0.3) is 10.9 Å². The van der Waals surface area contributed by atoms with Crippen LogP contribution in [0.1, 0.15) is 24.8 Å². The summed E-state index contributed by atoms with van der Waals surface area (Å²) in [6.45, 7) is 2.39. The molecule has 0 spiro atoms. The van der Waals surface area contributed by atoms with Crippen molar-refractivity contribution in [1.82, 2.24) is 9.47 Å². The minimum atomic E-state index is -0.217. The van der Waals surface area contributed by atoms with Crippen molar-refractivity contribution < 1.29 is 9.18 Å². The van der Waals surface area contributed by atoms with E-state index in [2.05, 4.69) is 22.9 Å². The van der Waals surface area contributed by atoms with E-state index in [0.717, 1.165) is 47.3 Å². The largest absolute Gasteiger partial charge is 0.342 e. The molecule has 2 aromatic carbocycles. The molecule has 5 heteroatoms. The van der Waals surface area contributed by atoms with E-state index in [1.807, 2.05) is 23.1 Å². The molecule has 2 heterocycles. The minimum absolute atomic E-state index is 0.217. The Kier molecular flexibility index (Phi) is 5.48. The van der Waals surface area contributed by atoms with Crippen molar-refractivity contribution in [3.05, 3.63) is 66.1 Å². The number of hydrogen-bond acceptors (Lipinski definition) is 2. The number of para-hydroxylation sites is 1. The summed E-state index contributed by atoms with van der Waals surface area (Å²) in [7, 11) is 0. The molecule has 1 fully saturated rings. The number of rotatable bonds is 5. The van der Waals surface area contributed by atoms with E-state index in [9.17, 15) is 9.18 Å². The molecule has 3 aromatic rings. The number of piperidine rings is 1. The summed E-state index contributed by atoms with van der Waals surface area (Å²) in [4.78, 5) is 15.6. The van der Waals surface area contributed by atoms with E-state index in [-0.39, 0.29) is 11.7 Å². The van der Waals surface area contributed by atoms with Gasteiger partial charge in [-0.05, 0) is 43.0 Å². The van der Waals surface area contributed by atoms with Gasteiger partial charge in [-0.15, -0.1) is 11.8 Å². The number of aromatic nitrogens is 1. The Bertz CT molecular complexity index is 946. The van der Waals surface area contributed by atoms with E-state index in [4.69, 9.17) is 0 Å². The van der Waals surface area contributed by atoms with Gasteiger partial charge in [0.25, 0.3) is 0 Å². The molecule has 0 N–H and O–H groups in total. The third kappa shape index (κ3) is 4.19. The molecule has 4 rings (SSSR count). The van der Waals surface area contributed by atoms with Gasteiger partial charge in [-0.25, -0.2) is 4.39 Å². The van der Waals surface area contributed by atoms with Gasteiger partial charge in [-0.1, -0.05) is 30.3 Å². The molecule has 0 aliphatic carbocycles. The number of carbonyl (C=O) groups is 1. The molecule has 1 saturated heterocycles. The molecule has 1 aliphatic rings. The Morgan fingerprint density at radius 1 is 1.04 bits per heavy atom. The van der Waals surface area contributed by atoms with Crippen LogP contribution in [0.5, 0.6) is 0 Å². The number of amides is 1. The Balaban J connectivity index is 1.53. The molecule has 3 nitrogen and oxygen atoms in total. The quantitative estimate of drug-likeness (QED) is 0.585. The number of halogens is 1. The second-order valence-electron chi connectivity index (χ2n) is 7.00. The van der Waals surface area contributed by atoms with Crippen LogP contribution in [-0.4, -0.2) is 34.2 Å². The third-order valence-electron chi connectivity index (χ3n) is 5.05. The van der Waals surface area contributed by atoms with Gasteiger partial charge in [0.2, 0.25) is 5.91 Å². The zero-order valence-electron chi connectivity index (χ0n) is 15.2. The monoisotopic (exact) mass is 382 g/mol. The molecular formula is C22H23FN2OS. The van der Waals surface area contributed by atoms with Crippen molar-refractivity contribution in [1.29, 1.82) is 0 Å². The first-order valence-corrected chi connectivity index (χ1v) is 10.4. The zero-order valence-corrected chi connectivity index (χ0v) is 16.1. The van der Waals surface area contributed by atoms with Crippen LogP contribution in [-0.2, 0) is 11.3 Å². The molecule has 0 atom stereocenters. The van der Waals surface area contributed by atoms with Gasteiger partial charge >= 0.3 is 0 Å². The molecule has 0 unspecified atom stereocenters. The highest BCUT2D eigenvalue weighted by Crippen LogP contribution is 2.31. The highest BCUT2D eigenvalue weighted by Gasteiger charge is 2.17. The summed E-state index contributed by atoms with van der Waals surface area (Å²) >= 11 is 1.60. The van der Waals surface area contributed by atoms with Crippen LogP contribution in [0.4, 0.5) is 4.39 Å². The SMILES string of the molecule is O=C(CSc1cn(Cc2cccc(F)c2)c2ccccc12)N1CCCCC1. The topological polar surface area (TPSA) is 25.2 Å². The number of fused-ring (bicyclic) bond motifs is 1. The normalized spacial score (nSPS) is 14.6. The van der Waals surface area contributed by atoms with Crippen LogP contribution in [0.3, 0.4) is 0 Å². The Morgan fingerprint density at radius 3 is 2.67 bits per heavy atom. The fraction of sp³-hybridized carbons (Fsp3) is 0.318. The molecule has 1 aliphatic heterocycles. The zero-order chi connectivity index (χ0) is 18.6. The van der Waals surface area contributed by atoms with Gasteiger partial charge in [0.05, 0.1) is 5.75 Å². The fourth-order valence-electron chi connectivity index (χ4n) is 3.67. The maximum absolute atomic E-state index is 13.5. The van der Waals surface area contributed by atoms with Gasteiger partial charge in [0.15, 0.2) is 0 Å². The standard InChI is InChI=1S/C22H23FN2OS/c23-18-8-6-7-17(13-18)14-25-15-21(19-9-2-3-10-20(19)25)27-16-22(26)24-11-4-1-5-12-24/h2-3,6-10,13,15H,1,4-5,11-12,14,16H2. The Morgan fingerprint density at radius 2 is 1.85 bits per heavy atom. The van der Waals surface area contributed by atoms with Crippen molar-refractivity contribution >= 4 is 28.6 Å². The van der Waals surface area contributed by atoms with Gasteiger partial charge in [-0.2, -0.15) is 0 Å². The summed E-state index contributed by atoms with van der Waals surface area (Å²) in [5.74, 6) is 0.473. The smallest absolute Gasteiger partial charge is 0.232 e. The van der Waals surface area contributed by atoms with Crippen molar-refractivity contribution in [3.8, 4) is 0 Å². The lowest BCUT2D eigenvalue weighted by atomic mass is 10.1. The predicted molar refractivity (Wildman–Crippen MR) is 109 cm³/mol. The summed E-state index contributed by atoms with van der Waals surface area (Å²) in [6, 6.07) is 14.9. The fourth-order valence-corrected chi connectivity index (χ4v) is 4.66. The number of benzene rings is 2. The average molecular weight is 383 g/mol. The second kappa shape index (κ2) is 8.17. The van der Waals surface area contributed by atoms with Crippen molar-refractivity contribution in [2.75, 3.05) is 18.8 Å². The molecule has 27 heavy (non-hydrogen) atoms. The summed E-state index contributed by atoms with van der Waals surface area (Å²) in [5.41, 5.74) is 2.03. The lowest BCUT2D eigenvalue weighted by molar-refractivity contribution is -0.129. The number of thioether (sulfide) groups is 1. The van der Waals surface area contributed by atoms with E-state index < -0.39 is 0 Å². The molecule has 0 radical (unpaired) electrons. The van der Waals surface area contributed by atoms with Gasteiger partial charge in [0.1, 0.15) is 5.82 Å². The van der Waals surface area contributed by atoms with Gasteiger partial charge < -0.3 is 9.47 Å². The molecule has 0 saturated carbocycles. The number of nitrogens with zero attached hydrogens (tertiary/aromatic N) is 2. The van der Waals surface area contributed by atoms with Crippen molar-refractivity contribution in [2.45, 2.75) is 30.7 Å². The minimum Gasteiger partial charge on any atom is -0.342 e. The van der Waals surface area contributed by atoms with E-state index >= 15 is 0 Å². The van der Waals surface area contributed by atoms with Crippen LogP contribution in [0.15, 0.2) is 59.6 Å².